The lowest BCUT2D eigenvalue weighted by atomic mass is 9.95. The van der Waals surface area contributed by atoms with Crippen molar-refractivity contribution in [1.82, 2.24) is 0 Å². The zero-order chi connectivity index (χ0) is 11.6. The fraction of sp³-hybridized carbons (Fsp3) is 0.500. The molecule has 0 atom stereocenters. The maximum Gasteiger partial charge on any atom is 0.128 e. The van der Waals surface area contributed by atoms with E-state index in [2.05, 4.69) is 0 Å². The van der Waals surface area contributed by atoms with Gasteiger partial charge in [-0.05, 0) is 38.7 Å². The minimum atomic E-state index is -0.879. The maximum atomic E-state index is 10.1. The molecule has 0 heterocycles. The SMILES string of the molecule is COc1c(C)ccc(SC)c1C(C)(C)O. The summed E-state index contributed by atoms with van der Waals surface area (Å²) >= 11 is 1.62. The molecule has 84 valence electrons. The van der Waals surface area contributed by atoms with Crippen molar-refractivity contribution in [2.75, 3.05) is 13.4 Å². The van der Waals surface area contributed by atoms with Gasteiger partial charge in [0.15, 0.2) is 0 Å². The molecule has 1 rings (SSSR count). The van der Waals surface area contributed by atoms with Crippen LogP contribution in [0.5, 0.6) is 5.75 Å². The van der Waals surface area contributed by atoms with Gasteiger partial charge in [0.05, 0.1) is 12.7 Å². The number of rotatable bonds is 3. The molecule has 0 unspecified atom stereocenters. The number of benzene rings is 1. The highest BCUT2D eigenvalue weighted by atomic mass is 32.2. The summed E-state index contributed by atoms with van der Waals surface area (Å²) < 4.78 is 5.37. The van der Waals surface area contributed by atoms with Gasteiger partial charge in [-0.2, -0.15) is 0 Å². The smallest absolute Gasteiger partial charge is 0.128 e. The van der Waals surface area contributed by atoms with E-state index >= 15 is 0 Å². The highest BCUT2D eigenvalue weighted by molar-refractivity contribution is 7.98. The predicted octanol–water partition coefficient (Wildman–Crippen LogP) is 2.95. The Morgan fingerprint density at radius 1 is 1.33 bits per heavy atom. The summed E-state index contributed by atoms with van der Waals surface area (Å²) in [6.07, 6.45) is 2.00. The standard InChI is InChI=1S/C12H18O2S/c1-8-6-7-9(15-5)10(11(8)14-4)12(2,3)13/h6-7,13H,1-5H3. The number of thioether (sulfide) groups is 1. The Morgan fingerprint density at radius 3 is 2.33 bits per heavy atom. The third-order valence-electron chi connectivity index (χ3n) is 2.35. The number of methoxy groups -OCH3 is 1. The Balaban J connectivity index is 3.48. The molecule has 0 saturated carbocycles. The van der Waals surface area contributed by atoms with Crippen molar-refractivity contribution in [2.24, 2.45) is 0 Å². The molecule has 15 heavy (non-hydrogen) atoms. The number of ether oxygens (including phenoxy) is 1. The van der Waals surface area contributed by atoms with E-state index in [1.54, 1.807) is 32.7 Å². The first-order chi connectivity index (χ1) is 6.91. The van der Waals surface area contributed by atoms with E-state index in [9.17, 15) is 5.11 Å². The Hall–Kier alpha value is -0.670. The zero-order valence-corrected chi connectivity index (χ0v) is 10.7. The van der Waals surface area contributed by atoms with Gasteiger partial charge >= 0.3 is 0 Å². The van der Waals surface area contributed by atoms with Crippen LogP contribution in [0.4, 0.5) is 0 Å². The normalized spacial score (nSPS) is 11.6. The van der Waals surface area contributed by atoms with Crippen molar-refractivity contribution >= 4 is 11.8 Å². The summed E-state index contributed by atoms with van der Waals surface area (Å²) in [5, 5.41) is 10.1. The van der Waals surface area contributed by atoms with Crippen LogP contribution < -0.4 is 4.74 Å². The lowest BCUT2D eigenvalue weighted by molar-refractivity contribution is 0.0726. The van der Waals surface area contributed by atoms with Crippen LogP contribution >= 0.6 is 11.8 Å². The summed E-state index contributed by atoms with van der Waals surface area (Å²) in [5.74, 6) is 0.786. The van der Waals surface area contributed by atoms with Crippen LogP contribution in [0.1, 0.15) is 25.0 Å². The molecular weight excluding hydrogens is 208 g/mol. The average Bonchev–Trinajstić information content (AvgIpc) is 2.15. The van der Waals surface area contributed by atoms with Crippen molar-refractivity contribution in [2.45, 2.75) is 31.3 Å². The van der Waals surface area contributed by atoms with E-state index in [1.165, 1.54) is 0 Å². The van der Waals surface area contributed by atoms with Gasteiger partial charge in [0, 0.05) is 10.5 Å². The van der Waals surface area contributed by atoms with E-state index in [1.807, 2.05) is 25.3 Å². The number of hydrogen-bond donors (Lipinski definition) is 1. The monoisotopic (exact) mass is 226 g/mol. The first-order valence-electron chi connectivity index (χ1n) is 4.86. The molecule has 0 saturated heterocycles. The molecule has 0 radical (unpaired) electrons. The second-order valence-corrected chi connectivity index (χ2v) is 4.90. The van der Waals surface area contributed by atoms with Crippen molar-refractivity contribution in [3.05, 3.63) is 23.3 Å². The molecule has 1 aromatic rings. The van der Waals surface area contributed by atoms with E-state index in [0.29, 0.717) is 0 Å². The predicted molar refractivity (Wildman–Crippen MR) is 64.8 cm³/mol. The Labute approximate surface area is 95.7 Å². The van der Waals surface area contributed by atoms with Crippen molar-refractivity contribution < 1.29 is 9.84 Å². The first kappa shape index (κ1) is 12.4. The van der Waals surface area contributed by atoms with Crippen LogP contribution in [-0.4, -0.2) is 18.5 Å². The van der Waals surface area contributed by atoms with Crippen molar-refractivity contribution in [3.63, 3.8) is 0 Å². The van der Waals surface area contributed by atoms with Gasteiger partial charge in [0.1, 0.15) is 5.75 Å². The molecule has 0 spiro atoms. The largest absolute Gasteiger partial charge is 0.496 e. The van der Waals surface area contributed by atoms with Crippen LogP contribution in [0.25, 0.3) is 0 Å². The summed E-state index contributed by atoms with van der Waals surface area (Å²) in [6.45, 7) is 5.55. The molecule has 0 aliphatic rings. The molecule has 0 aliphatic heterocycles. The van der Waals surface area contributed by atoms with Gasteiger partial charge in [-0.3, -0.25) is 0 Å². The third kappa shape index (κ3) is 2.47. The topological polar surface area (TPSA) is 29.5 Å². The molecule has 0 bridgehead atoms. The second kappa shape index (κ2) is 4.45. The van der Waals surface area contributed by atoms with Gasteiger partial charge in [-0.1, -0.05) is 6.07 Å². The zero-order valence-electron chi connectivity index (χ0n) is 9.92. The fourth-order valence-electron chi connectivity index (χ4n) is 1.68. The molecule has 0 fully saturated rings. The van der Waals surface area contributed by atoms with Gasteiger partial charge < -0.3 is 9.84 Å². The highest BCUT2D eigenvalue weighted by Crippen LogP contribution is 2.39. The molecule has 2 nitrogen and oxygen atoms in total. The number of aliphatic hydroxyl groups is 1. The average molecular weight is 226 g/mol. The lowest BCUT2D eigenvalue weighted by Crippen LogP contribution is -2.18. The van der Waals surface area contributed by atoms with Crippen LogP contribution in [0.3, 0.4) is 0 Å². The third-order valence-corrected chi connectivity index (χ3v) is 3.13. The van der Waals surface area contributed by atoms with Crippen LogP contribution in [-0.2, 0) is 5.60 Å². The fourth-order valence-corrected chi connectivity index (χ4v) is 2.43. The van der Waals surface area contributed by atoms with E-state index in [-0.39, 0.29) is 0 Å². The molecule has 3 heteroatoms. The Kier molecular flexibility index (Phi) is 3.68. The van der Waals surface area contributed by atoms with Crippen LogP contribution in [0.2, 0.25) is 0 Å². The van der Waals surface area contributed by atoms with Crippen LogP contribution in [0, 0.1) is 6.92 Å². The summed E-state index contributed by atoms with van der Waals surface area (Å²) in [7, 11) is 1.64. The Morgan fingerprint density at radius 2 is 1.93 bits per heavy atom. The molecule has 0 aromatic heterocycles. The summed E-state index contributed by atoms with van der Waals surface area (Å²) in [5.41, 5.74) is 1.04. The minimum absolute atomic E-state index is 0.786. The van der Waals surface area contributed by atoms with E-state index < -0.39 is 5.60 Å². The maximum absolute atomic E-state index is 10.1. The molecule has 0 aliphatic carbocycles. The van der Waals surface area contributed by atoms with Crippen molar-refractivity contribution in [3.8, 4) is 5.75 Å². The van der Waals surface area contributed by atoms with Gasteiger partial charge in [0.2, 0.25) is 0 Å². The van der Waals surface area contributed by atoms with Gasteiger partial charge in [0.25, 0.3) is 0 Å². The number of aryl methyl sites for hydroxylation is 1. The van der Waals surface area contributed by atoms with E-state index in [0.717, 1.165) is 21.8 Å². The molecule has 1 N–H and O–H groups in total. The van der Waals surface area contributed by atoms with E-state index in [4.69, 9.17) is 4.74 Å². The van der Waals surface area contributed by atoms with Gasteiger partial charge in [-0.15, -0.1) is 11.8 Å². The quantitative estimate of drug-likeness (QED) is 0.804. The first-order valence-corrected chi connectivity index (χ1v) is 6.08. The number of hydrogen-bond acceptors (Lipinski definition) is 3. The van der Waals surface area contributed by atoms with Gasteiger partial charge in [-0.25, -0.2) is 0 Å². The Bertz CT molecular complexity index is 353. The second-order valence-electron chi connectivity index (χ2n) is 4.05. The summed E-state index contributed by atoms with van der Waals surface area (Å²) in [6, 6.07) is 4.04. The summed E-state index contributed by atoms with van der Waals surface area (Å²) in [4.78, 5) is 1.06. The van der Waals surface area contributed by atoms with Crippen LogP contribution in [0.15, 0.2) is 17.0 Å². The highest BCUT2D eigenvalue weighted by Gasteiger charge is 2.25. The van der Waals surface area contributed by atoms with Crippen molar-refractivity contribution in [1.29, 1.82) is 0 Å². The minimum Gasteiger partial charge on any atom is -0.496 e. The lowest BCUT2D eigenvalue weighted by Gasteiger charge is -2.24. The molecular formula is C12H18O2S. The molecule has 0 amide bonds. The molecule has 1 aromatic carbocycles.